The Morgan fingerprint density at radius 3 is 2.57 bits per heavy atom. The number of aromatic nitrogens is 2. The summed E-state index contributed by atoms with van der Waals surface area (Å²) in [6.07, 6.45) is 8.28. The molecule has 4 nitrogen and oxygen atoms in total. The van der Waals surface area contributed by atoms with Crippen molar-refractivity contribution < 1.29 is 9.16 Å². The number of hydrogen-bond acceptors (Lipinski definition) is 3. The molecule has 1 aromatic heterocycles. The molecule has 0 fully saturated rings. The molecule has 0 spiro atoms. The van der Waals surface area contributed by atoms with Crippen molar-refractivity contribution in [2.45, 2.75) is 65.2 Å². The number of methoxy groups -OCH3 is 1. The first-order valence-corrected chi connectivity index (χ1v) is 13.0. The Morgan fingerprint density at radius 1 is 1.18 bits per heavy atom. The van der Waals surface area contributed by atoms with Crippen molar-refractivity contribution in [3.63, 3.8) is 0 Å². The quantitative estimate of drug-likeness (QED) is 0.494. The number of benzene rings is 1. The van der Waals surface area contributed by atoms with E-state index in [0.29, 0.717) is 6.61 Å². The summed E-state index contributed by atoms with van der Waals surface area (Å²) in [5.41, 5.74) is 3.77. The summed E-state index contributed by atoms with van der Waals surface area (Å²) >= 11 is 0. The van der Waals surface area contributed by atoms with Gasteiger partial charge in [0.15, 0.2) is 8.32 Å². The highest BCUT2D eigenvalue weighted by molar-refractivity contribution is 6.74. The van der Waals surface area contributed by atoms with Crippen LogP contribution in [0.2, 0.25) is 18.1 Å². The Balaban J connectivity index is 1.86. The fourth-order valence-electron chi connectivity index (χ4n) is 2.79. The van der Waals surface area contributed by atoms with Crippen LogP contribution in [0.4, 0.5) is 0 Å². The van der Waals surface area contributed by atoms with E-state index in [4.69, 9.17) is 9.16 Å². The standard InChI is InChI=1S/C23H36N2O2Si/c1-19-18-22(26-5)13-12-20(19)10-8-9-11-21-14-15-24-25(21)16-17-27-28(6,7)23(2,3)4/h9,11-15,18H,8,10,16-17H2,1-7H3/b11-9+. The minimum Gasteiger partial charge on any atom is -0.497 e. The second-order valence-corrected chi connectivity index (χ2v) is 13.6. The first-order chi connectivity index (χ1) is 13.1. The fraction of sp³-hybridized carbons (Fsp3) is 0.522. The Morgan fingerprint density at radius 2 is 1.93 bits per heavy atom. The monoisotopic (exact) mass is 400 g/mol. The van der Waals surface area contributed by atoms with Crippen molar-refractivity contribution in [1.82, 2.24) is 9.78 Å². The van der Waals surface area contributed by atoms with Gasteiger partial charge in [-0.3, -0.25) is 4.68 Å². The van der Waals surface area contributed by atoms with E-state index in [-0.39, 0.29) is 5.04 Å². The largest absolute Gasteiger partial charge is 0.497 e. The van der Waals surface area contributed by atoms with Gasteiger partial charge in [0.25, 0.3) is 0 Å². The van der Waals surface area contributed by atoms with Gasteiger partial charge in [0.2, 0.25) is 0 Å². The Labute approximate surface area is 171 Å². The zero-order valence-corrected chi connectivity index (χ0v) is 19.6. The average Bonchev–Trinajstić information content (AvgIpc) is 3.06. The van der Waals surface area contributed by atoms with Crippen molar-refractivity contribution in [2.75, 3.05) is 13.7 Å². The van der Waals surface area contributed by atoms with E-state index in [1.54, 1.807) is 7.11 Å². The highest BCUT2D eigenvalue weighted by atomic mass is 28.4. The van der Waals surface area contributed by atoms with Crippen LogP contribution in [-0.2, 0) is 17.4 Å². The molecule has 0 unspecified atom stereocenters. The predicted octanol–water partition coefficient (Wildman–Crippen LogP) is 5.87. The summed E-state index contributed by atoms with van der Waals surface area (Å²) in [6, 6.07) is 8.34. The first kappa shape index (κ1) is 22.4. The normalized spacial score (nSPS) is 12.7. The summed E-state index contributed by atoms with van der Waals surface area (Å²) in [7, 11) is 0.00121. The van der Waals surface area contributed by atoms with Gasteiger partial charge >= 0.3 is 0 Å². The molecule has 0 aliphatic heterocycles. The minimum atomic E-state index is -1.70. The van der Waals surface area contributed by atoms with E-state index >= 15 is 0 Å². The molecule has 0 bridgehead atoms. The number of ether oxygens (including phenoxy) is 1. The Bertz CT molecular complexity index is 788. The summed E-state index contributed by atoms with van der Waals surface area (Å²) in [5, 5.41) is 4.69. The number of rotatable bonds is 9. The van der Waals surface area contributed by atoms with Crippen LogP contribution in [0.5, 0.6) is 5.75 Å². The zero-order chi connectivity index (χ0) is 20.8. The van der Waals surface area contributed by atoms with Crippen LogP contribution in [0.3, 0.4) is 0 Å². The van der Waals surface area contributed by atoms with Gasteiger partial charge in [-0.05, 0) is 73.3 Å². The molecule has 2 rings (SSSR count). The van der Waals surface area contributed by atoms with E-state index < -0.39 is 8.32 Å². The van der Waals surface area contributed by atoms with Crippen molar-refractivity contribution in [1.29, 1.82) is 0 Å². The lowest BCUT2D eigenvalue weighted by atomic mass is 10.0. The first-order valence-electron chi connectivity index (χ1n) is 10.1. The number of nitrogens with zero attached hydrogens (tertiary/aromatic N) is 2. The molecular formula is C23H36N2O2Si. The molecule has 0 atom stereocenters. The molecule has 5 heteroatoms. The molecule has 0 radical (unpaired) electrons. The molecule has 0 amide bonds. The Hall–Kier alpha value is -1.85. The maximum atomic E-state index is 6.28. The van der Waals surface area contributed by atoms with Crippen LogP contribution in [0.25, 0.3) is 6.08 Å². The lowest BCUT2D eigenvalue weighted by Gasteiger charge is -2.36. The van der Waals surface area contributed by atoms with Gasteiger partial charge in [-0.25, -0.2) is 0 Å². The molecule has 1 aromatic carbocycles. The molecule has 28 heavy (non-hydrogen) atoms. The molecule has 0 saturated carbocycles. The van der Waals surface area contributed by atoms with Crippen molar-refractivity contribution in [3.05, 3.63) is 53.4 Å². The van der Waals surface area contributed by atoms with Crippen LogP contribution in [0, 0.1) is 6.92 Å². The molecule has 2 aromatic rings. The minimum absolute atomic E-state index is 0.236. The van der Waals surface area contributed by atoms with Crippen molar-refractivity contribution in [3.8, 4) is 5.75 Å². The third kappa shape index (κ3) is 6.08. The topological polar surface area (TPSA) is 36.3 Å². The molecule has 0 aliphatic rings. The second-order valence-electron chi connectivity index (χ2n) is 8.82. The van der Waals surface area contributed by atoms with Gasteiger partial charge in [-0.2, -0.15) is 5.10 Å². The van der Waals surface area contributed by atoms with Gasteiger partial charge in [-0.1, -0.05) is 32.9 Å². The number of allylic oxidation sites excluding steroid dienone is 1. The maximum absolute atomic E-state index is 6.28. The molecule has 0 aliphatic carbocycles. The van der Waals surface area contributed by atoms with Crippen LogP contribution in [-0.4, -0.2) is 31.8 Å². The third-order valence-corrected chi connectivity index (χ3v) is 10.3. The highest BCUT2D eigenvalue weighted by Crippen LogP contribution is 2.36. The van der Waals surface area contributed by atoms with Crippen LogP contribution < -0.4 is 4.74 Å². The van der Waals surface area contributed by atoms with Gasteiger partial charge in [-0.15, -0.1) is 0 Å². The maximum Gasteiger partial charge on any atom is 0.192 e. The second kappa shape index (κ2) is 9.57. The zero-order valence-electron chi connectivity index (χ0n) is 18.6. The lowest BCUT2D eigenvalue weighted by Crippen LogP contribution is -2.41. The SMILES string of the molecule is COc1ccc(CC/C=C/c2ccnn2CCO[Si](C)(C)C(C)(C)C)c(C)c1. The highest BCUT2D eigenvalue weighted by Gasteiger charge is 2.36. The Kier molecular flexibility index (Phi) is 7.67. The summed E-state index contributed by atoms with van der Waals surface area (Å²) < 4.78 is 13.6. The molecule has 0 saturated heterocycles. The van der Waals surface area contributed by atoms with E-state index in [2.05, 4.69) is 76.2 Å². The molecule has 154 valence electrons. The number of hydrogen-bond donors (Lipinski definition) is 0. The fourth-order valence-corrected chi connectivity index (χ4v) is 3.83. The van der Waals surface area contributed by atoms with Crippen LogP contribution >= 0.6 is 0 Å². The van der Waals surface area contributed by atoms with Crippen molar-refractivity contribution >= 4 is 14.4 Å². The molecular weight excluding hydrogens is 364 g/mol. The summed E-state index contributed by atoms with van der Waals surface area (Å²) in [6.45, 7) is 15.0. The molecule has 1 heterocycles. The summed E-state index contributed by atoms with van der Waals surface area (Å²) in [4.78, 5) is 0. The third-order valence-electron chi connectivity index (χ3n) is 5.74. The lowest BCUT2D eigenvalue weighted by molar-refractivity contribution is 0.265. The predicted molar refractivity (Wildman–Crippen MR) is 120 cm³/mol. The van der Waals surface area contributed by atoms with Gasteiger partial charge in [0.1, 0.15) is 5.75 Å². The van der Waals surface area contributed by atoms with Gasteiger partial charge in [0, 0.05) is 6.20 Å². The van der Waals surface area contributed by atoms with Gasteiger partial charge < -0.3 is 9.16 Å². The van der Waals surface area contributed by atoms with E-state index in [1.807, 2.05) is 16.9 Å². The van der Waals surface area contributed by atoms with Crippen LogP contribution in [0.1, 0.15) is 44.0 Å². The molecule has 0 N–H and O–H groups in total. The number of aryl methyl sites for hydroxylation is 2. The average molecular weight is 401 g/mol. The van der Waals surface area contributed by atoms with E-state index in [9.17, 15) is 0 Å². The smallest absolute Gasteiger partial charge is 0.192 e. The van der Waals surface area contributed by atoms with Gasteiger partial charge in [0.05, 0.1) is 26.0 Å². The van der Waals surface area contributed by atoms with Crippen LogP contribution in [0.15, 0.2) is 36.5 Å². The van der Waals surface area contributed by atoms with E-state index in [1.165, 1.54) is 11.1 Å². The summed E-state index contributed by atoms with van der Waals surface area (Å²) in [5.74, 6) is 0.917. The van der Waals surface area contributed by atoms with E-state index in [0.717, 1.165) is 30.8 Å². The van der Waals surface area contributed by atoms with Crippen molar-refractivity contribution in [2.24, 2.45) is 0 Å².